The Morgan fingerprint density at radius 3 is 2.44 bits per heavy atom. The molecule has 1 atom stereocenters. The molecule has 0 radical (unpaired) electrons. The fourth-order valence-electron chi connectivity index (χ4n) is 4.96. The molecule has 34 heavy (non-hydrogen) atoms. The van der Waals surface area contributed by atoms with E-state index < -0.39 is 23.3 Å². The Hall–Kier alpha value is -3.14. The first-order valence-electron chi connectivity index (χ1n) is 11.4. The van der Waals surface area contributed by atoms with Gasteiger partial charge < -0.3 is 10.2 Å². The molecule has 2 aromatic rings. The molecule has 1 aliphatic carbocycles. The second-order valence-electron chi connectivity index (χ2n) is 9.27. The molecule has 2 fully saturated rings. The van der Waals surface area contributed by atoms with Crippen molar-refractivity contribution < 1.29 is 22.8 Å². The molecule has 2 aliphatic heterocycles. The van der Waals surface area contributed by atoms with Crippen molar-refractivity contribution in [2.24, 2.45) is 0 Å². The number of benzene rings is 1. The Morgan fingerprint density at radius 2 is 1.76 bits per heavy atom. The van der Waals surface area contributed by atoms with E-state index in [1.165, 1.54) is 22.1 Å². The molecule has 7 nitrogen and oxygen atoms in total. The Balaban J connectivity index is 1.22. The second kappa shape index (κ2) is 8.26. The van der Waals surface area contributed by atoms with Crippen LogP contribution in [-0.2, 0) is 29.4 Å². The number of urea groups is 1. The van der Waals surface area contributed by atoms with Crippen molar-refractivity contribution in [1.29, 1.82) is 0 Å². The predicted octanol–water partition coefficient (Wildman–Crippen LogP) is 3.14. The molecule has 10 heteroatoms. The van der Waals surface area contributed by atoms with Crippen LogP contribution in [0, 0.1) is 0 Å². The summed E-state index contributed by atoms with van der Waals surface area (Å²) in [5, 5.41) is 2.88. The predicted molar refractivity (Wildman–Crippen MR) is 119 cm³/mol. The van der Waals surface area contributed by atoms with E-state index in [1.54, 1.807) is 6.92 Å². The molecule has 0 bridgehead atoms. The van der Waals surface area contributed by atoms with E-state index in [0.29, 0.717) is 32.0 Å². The maximum atomic E-state index is 13.3. The van der Waals surface area contributed by atoms with Crippen LogP contribution in [-0.4, -0.2) is 59.6 Å². The van der Waals surface area contributed by atoms with Gasteiger partial charge in [0.1, 0.15) is 11.4 Å². The van der Waals surface area contributed by atoms with Gasteiger partial charge in [-0.05, 0) is 55.0 Å². The van der Waals surface area contributed by atoms with Crippen LogP contribution in [0.5, 0.6) is 0 Å². The normalized spacial score (nSPS) is 23.4. The Bertz CT molecular complexity index is 1110. The summed E-state index contributed by atoms with van der Waals surface area (Å²) in [6, 6.07) is 8.01. The molecule has 3 aliphatic rings. The van der Waals surface area contributed by atoms with E-state index >= 15 is 0 Å². The summed E-state index contributed by atoms with van der Waals surface area (Å²) in [6.45, 7) is 4.08. The average Bonchev–Trinajstić information content (AvgIpc) is 3.37. The van der Waals surface area contributed by atoms with Crippen molar-refractivity contribution in [3.05, 3.63) is 58.8 Å². The van der Waals surface area contributed by atoms with E-state index in [0.717, 1.165) is 37.1 Å². The van der Waals surface area contributed by atoms with Crippen molar-refractivity contribution in [2.45, 2.75) is 37.9 Å². The molecule has 1 aromatic carbocycles. The number of aryl methyl sites for hydroxylation is 2. The van der Waals surface area contributed by atoms with Gasteiger partial charge in [0.05, 0.1) is 12.2 Å². The topological polar surface area (TPSA) is 68.8 Å². The zero-order valence-corrected chi connectivity index (χ0v) is 18.9. The van der Waals surface area contributed by atoms with Gasteiger partial charge in [-0.3, -0.25) is 9.69 Å². The number of nitrogens with zero attached hydrogens (tertiary/aromatic N) is 4. The highest BCUT2D eigenvalue weighted by molar-refractivity contribution is 6.07. The van der Waals surface area contributed by atoms with Crippen LogP contribution in [0.15, 0.2) is 36.5 Å². The van der Waals surface area contributed by atoms with Crippen LogP contribution in [0.25, 0.3) is 0 Å². The summed E-state index contributed by atoms with van der Waals surface area (Å²) >= 11 is 0. The standard InChI is InChI=1S/C24H26F3N5O2/c1-23(18-6-5-16-3-2-4-17(16)13-18)21(33)32(22(34)29-23)15-30-9-11-31(12-10-30)20-8-7-19(14-28-20)24(25,26)27/h5-8,13-14H,2-4,9-12,15H2,1H3,(H,29,34)/t23-/m1/s1. The molecule has 180 valence electrons. The van der Waals surface area contributed by atoms with Crippen LogP contribution >= 0.6 is 0 Å². The van der Waals surface area contributed by atoms with E-state index in [1.807, 2.05) is 21.9 Å². The summed E-state index contributed by atoms with van der Waals surface area (Å²) in [4.78, 5) is 35.1. The fourth-order valence-corrected chi connectivity index (χ4v) is 4.96. The molecule has 3 amide bonds. The lowest BCUT2D eigenvalue weighted by Gasteiger charge is -2.36. The van der Waals surface area contributed by atoms with Crippen molar-refractivity contribution in [1.82, 2.24) is 20.1 Å². The lowest BCUT2D eigenvalue weighted by molar-refractivity contribution is -0.137. The van der Waals surface area contributed by atoms with Gasteiger partial charge in [0.2, 0.25) is 0 Å². The number of anilines is 1. The second-order valence-corrected chi connectivity index (χ2v) is 9.27. The third-order valence-corrected chi connectivity index (χ3v) is 7.06. The Morgan fingerprint density at radius 1 is 1.03 bits per heavy atom. The first-order valence-corrected chi connectivity index (χ1v) is 11.4. The van der Waals surface area contributed by atoms with E-state index in [4.69, 9.17) is 0 Å². The van der Waals surface area contributed by atoms with Crippen molar-refractivity contribution in [3.8, 4) is 0 Å². The van der Waals surface area contributed by atoms with Gasteiger partial charge in [0, 0.05) is 32.4 Å². The summed E-state index contributed by atoms with van der Waals surface area (Å²) in [7, 11) is 0. The number of carbonyl (C=O) groups excluding carboxylic acids is 2. The third-order valence-electron chi connectivity index (χ3n) is 7.06. The number of fused-ring (bicyclic) bond motifs is 1. The fraction of sp³-hybridized carbons (Fsp3) is 0.458. The monoisotopic (exact) mass is 473 g/mol. The molecular formula is C24H26F3N5O2. The van der Waals surface area contributed by atoms with Gasteiger partial charge in [-0.15, -0.1) is 0 Å². The SMILES string of the molecule is C[C@]1(c2ccc3c(c2)CCC3)NC(=O)N(CN2CCN(c3ccc(C(F)(F)F)cn3)CC2)C1=O. The van der Waals surface area contributed by atoms with E-state index in [-0.39, 0.29) is 12.6 Å². The van der Waals surface area contributed by atoms with Crippen LogP contribution in [0.4, 0.5) is 23.8 Å². The number of carbonyl (C=O) groups is 2. The number of piperazine rings is 1. The Labute approximate surface area is 195 Å². The highest BCUT2D eigenvalue weighted by Crippen LogP contribution is 2.33. The minimum Gasteiger partial charge on any atom is -0.354 e. The number of aromatic nitrogens is 1. The van der Waals surface area contributed by atoms with Gasteiger partial charge in [0.15, 0.2) is 0 Å². The lowest BCUT2D eigenvalue weighted by atomic mass is 9.90. The summed E-state index contributed by atoms with van der Waals surface area (Å²) in [6.07, 6.45) is -0.429. The molecule has 0 spiro atoms. The number of amides is 3. The zero-order chi connectivity index (χ0) is 24.1. The van der Waals surface area contributed by atoms with Crippen LogP contribution in [0.1, 0.15) is 35.6 Å². The van der Waals surface area contributed by atoms with Crippen molar-refractivity contribution >= 4 is 17.8 Å². The minimum absolute atomic E-state index is 0.166. The molecule has 2 saturated heterocycles. The summed E-state index contributed by atoms with van der Waals surface area (Å²) in [5.41, 5.74) is 1.47. The molecule has 1 N–H and O–H groups in total. The molecular weight excluding hydrogens is 447 g/mol. The number of hydrogen-bond acceptors (Lipinski definition) is 5. The van der Waals surface area contributed by atoms with Crippen LogP contribution < -0.4 is 10.2 Å². The number of pyridine rings is 1. The van der Waals surface area contributed by atoms with Gasteiger partial charge >= 0.3 is 12.2 Å². The summed E-state index contributed by atoms with van der Waals surface area (Å²) in [5.74, 6) is 0.203. The minimum atomic E-state index is -4.42. The molecule has 5 rings (SSSR count). The average molecular weight is 473 g/mol. The van der Waals surface area contributed by atoms with Gasteiger partial charge in [-0.1, -0.05) is 18.2 Å². The maximum Gasteiger partial charge on any atom is 0.417 e. The summed E-state index contributed by atoms with van der Waals surface area (Å²) < 4.78 is 38.3. The molecule has 1 aromatic heterocycles. The highest BCUT2D eigenvalue weighted by Gasteiger charge is 2.49. The van der Waals surface area contributed by atoms with Gasteiger partial charge in [-0.25, -0.2) is 14.7 Å². The maximum absolute atomic E-state index is 13.3. The van der Waals surface area contributed by atoms with E-state index in [2.05, 4.69) is 16.4 Å². The molecule has 0 saturated carbocycles. The zero-order valence-electron chi connectivity index (χ0n) is 18.9. The number of halogens is 3. The van der Waals surface area contributed by atoms with Crippen molar-refractivity contribution in [3.63, 3.8) is 0 Å². The van der Waals surface area contributed by atoms with Crippen LogP contribution in [0.3, 0.4) is 0 Å². The van der Waals surface area contributed by atoms with Crippen LogP contribution in [0.2, 0.25) is 0 Å². The number of rotatable bonds is 4. The molecule has 3 heterocycles. The Kier molecular flexibility index (Phi) is 5.50. The lowest BCUT2D eigenvalue weighted by Crippen LogP contribution is -2.51. The first kappa shape index (κ1) is 22.6. The van der Waals surface area contributed by atoms with Gasteiger partial charge in [0.25, 0.3) is 5.91 Å². The van der Waals surface area contributed by atoms with Crippen molar-refractivity contribution in [2.75, 3.05) is 37.7 Å². The largest absolute Gasteiger partial charge is 0.417 e. The smallest absolute Gasteiger partial charge is 0.354 e. The molecule has 0 unspecified atom stereocenters. The van der Waals surface area contributed by atoms with Gasteiger partial charge in [-0.2, -0.15) is 13.2 Å². The quantitative estimate of drug-likeness (QED) is 0.692. The highest BCUT2D eigenvalue weighted by atomic mass is 19.4. The van der Waals surface area contributed by atoms with E-state index in [9.17, 15) is 22.8 Å². The number of nitrogens with one attached hydrogen (secondary N) is 1. The third kappa shape index (κ3) is 4.00. The number of hydrogen-bond donors (Lipinski definition) is 1. The number of imide groups is 1. The number of alkyl halides is 3. The first-order chi connectivity index (χ1) is 16.1.